The minimum Gasteiger partial charge on any atom is -0.507 e. The molecule has 117 heavy (non-hydrogen) atoms. The van der Waals surface area contributed by atoms with E-state index in [1.54, 1.807) is 212 Å². The molecule has 5 heterocycles. The number of ether oxygens (including phenoxy) is 4. The molecule has 8 bridgehead atoms. The number of hydrazone groups is 4. The zero-order valence-electron chi connectivity index (χ0n) is 60.8. The molecule has 8 N–H and O–H groups in total. The van der Waals surface area contributed by atoms with E-state index in [4.69, 9.17) is 58.8 Å². The number of nitrogens with zero attached hydrogens (tertiary/aromatic N) is 12. The molecule has 12 aromatic carbocycles. The van der Waals surface area contributed by atoms with Crippen LogP contribution in [0.4, 0.5) is 0 Å². The first-order chi connectivity index (χ1) is 56.8. The number of nitrogens with one attached hydrogen (secondary N) is 4. The molecule has 0 saturated carbocycles. The van der Waals surface area contributed by atoms with Crippen molar-refractivity contribution >= 4 is 92.6 Å². The van der Waals surface area contributed by atoms with Crippen molar-refractivity contribution in [3.63, 3.8) is 0 Å². The van der Waals surface area contributed by atoms with Crippen LogP contribution >= 0.6 is 0 Å². The fourth-order valence-electron chi connectivity index (χ4n) is 12.8. The van der Waals surface area contributed by atoms with Crippen molar-refractivity contribution in [2.75, 3.05) is 0 Å². The van der Waals surface area contributed by atoms with Crippen molar-refractivity contribution in [1.29, 1.82) is 0 Å². The summed E-state index contributed by atoms with van der Waals surface area (Å²) in [6.45, 7) is 0. The third kappa shape index (κ3) is 15.6. The molecule has 0 aliphatic carbocycles. The molecule has 29 heteroatoms. The number of para-hydroxylation sites is 8. The Morgan fingerprint density at radius 1 is 0.299 bits per heavy atom. The molecule has 0 saturated heterocycles. The molecule has 17 rings (SSSR count). The first kappa shape index (κ1) is 74.7. The van der Waals surface area contributed by atoms with Gasteiger partial charge in [-0.2, -0.15) is 20.4 Å². The predicted molar refractivity (Wildman–Crippen MR) is 433 cm³/mol. The van der Waals surface area contributed by atoms with E-state index in [0.717, 1.165) is 0 Å². The van der Waals surface area contributed by atoms with Gasteiger partial charge in [0, 0.05) is 61.4 Å². The van der Waals surface area contributed by atoms with E-state index in [0.29, 0.717) is 94.8 Å². The van der Waals surface area contributed by atoms with Gasteiger partial charge < -0.3 is 69.3 Å². The molecule has 2 aliphatic rings. The van der Waals surface area contributed by atoms with Gasteiger partial charge in [-0.1, -0.05) is 133 Å². The van der Waals surface area contributed by atoms with Crippen molar-refractivity contribution < 1.29 is 78.0 Å². The van der Waals surface area contributed by atoms with E-state index in [-0.39, 0.29) is 128 Å². The van der Waals surface area contributed by atoms with Crippen LogP contribution in [0.3, 0.4) is 0 Å². The van der Waals surface area contributed by atoms with E-state index in [2.05, 4.69) is 42.1 Å². The summed E-state index contributed by atoms with van der Waals surface area (Å²) in [5.41, 5.74) is 13.8. The van der Waals surface area contributed by atoms with Gasteiger partial charge in [-0.25, -0.2) is 31.7 Å². The number of aromatic hydroxyl groups is 4. The van der Waals surface area contributed by atoms with E-state index in [1.165, 1.54) is 73.4 Å². The second kappa shape index (κ2) is 32.9. The molecule has 562 valence electrons. The summed E-state index contributed by atoms with van der Waals surface area (Å²) in [4.78, 5) is 94.9. The molecular formula is C88H56N16O12Zn. The number of rotatable bonds is 20. The van der Waals surface area contributed by atoms with Crippen LogP contribution in [0.2, 0.25) is 0 Å². The van der Waals surface area contributed by atoms with Gasteiger partial charge in [-0.15, -0.1) is 0 Å². The maximum Gasteiger partial charge on any atom is 2.00 e. The van der Waals surface area contributed by atoms with E-state index in [9.17, 15) is 39.6 Å². The summed E-state index contributed by atoms with van der Waals surface area (Å²) < 4.78 is 27.4. The molecule has 4 amide bonds. The number of hydrogen-bond acceptors (Lipinski definition) is 22. The third-order valence-electron chi connectivity index (χ3n) is 18.3. The summed E-state index contributed by atoms with van der Waals surface area (Å²) >= 11 is 0. The molecule has 28 nitrogen and oxygen atoms in total. The molecule has 0 unspecified atom stereocenters. The van der Waals surface area contributed by atoms with Crippen molar-refractivity contribution in [1.82, 2.24) is 61.6 Å². The Morgan fingerprint density at radius 3 is 1.03 bits per heavy atom. The van der Waals surface area contributed by atoms with Crippen LogP contribution in [0, 0.1) is 0 Å². The molecule has 15 aromatic rings. The van der Waals surface area contributed by atoms with Gasteiger partial charge in [0.1, 0.15) is 69.0 Å². The first-order valence-electron chi connectivity index (χ1n) is 35.6. The number of carbonyl (C=O) groups is 4. The van der Waals surface area contributed by atoms with Crippen molar-refractivity contribution in [3.05, 3.63) is 311 Å². The van der Waals surface area contributed by atoms with Gasteiger partial charge in [0.15, 0.2) is 0 Å². The Hall–Kier alpha value is -16.4. The zero-order chi connectivity index (χ0) is 79.2. The minimum absolute atomic E-state index is 0. The number of carbonyl (C=O) groups excluding carboxylic acids is 4. The van der Waals surface area contributed by atoms with Gasteiger partial charge in [0.2, 0.25) is 0 Å². The van der Waals surface area contributed by atoms with Crippen LogP contribution in [0.15, 0.2) is 287 Å². The Kier molecular flexibility index (Phi) is 21.0. The molecule has 0 fully saturated rings. The minimum atomic E-state index is -0.653. The summed E-state index contributed by atoms with van der Waals surface area (Å²) in [5, 5.41) is 60.3. The Balaban J connectivity index is 0.0000102. The standard InChI is InChI=1S/C88H58N16O12.Zn/c105-63-31-9-5-24-55(63)85(109)101-89-45-49-20-1-13-35-67(49)113-53-42-43-54-62(44-53)81-94-77(54)93-78-59-28-17-39-71(114-68-36-14-2-21-50(68)46-90-102-86(110)56-25-6-10-32-64(56)106)74(59)82(95-78)96-79-60-29-18-40-72(115-69-37-15-3-22-51(69)47-91-103-87(111)57-26-7-11-33-65(57)107)75(60)83(97-79)98-80-61-30-19-41-73(76(61)84(99-80)100-81)116-70-38-16-4-23-52(70)48-92-104-88(112)58-27-8-12-34-66(58)108;/h1-48H,(H10,93,94,95,96,97,98,99,100,101,102,103,104,105,106,107,108,109,110,111,112);/q;+2/p-2/b89-45+,90-46+,91-47+,92-48-;. The number of amides is 4. The quantitative estimate of drug-likeness (QED) is 0.0200. The number of phenolic OH excluding ortho intramolecular Hbond substituents is 4. The average molecular weight is 1590 g/mol. The Bertz CT molecular complexity index is 6830. The number of fused-ring (bicyclic) bond motifs is 20. The van der Waals surface area contributed by atoms with Crippen molar-refractivity contribution in [3.8, 4) is 115 Å². The maximum atomic E-state index is 13.2. The fourth-order valence-corrected chi connectivity index (χ4v) is 12.8. The monoisotopic (exact) mass is 1590 g/mol. The number of phenols is 4. The largest absolute Gasteiger partial charge is 2.00 e. The van der Waals surface area contributed by atoms with Crippen LogP contribution in [-0.4, -0.2) is 98.8 Å². The van der Waals surface area contributed by atoms with Gasteiger partial charge >= 0.3 is 19.5 Å². The van der Waals surface area contributed by atoms with E-state index in [1.807, 2.05) is 6.07 Å². The van der Waals surface area contributed by atoms with Crippen LogP contribution in [0.5, 0.6) is 69.0 Å². The van der Waals surface area contributed by atoms with E-state index < -0.39 is 23.6 Å². The molecular weight excluding hydrogens is 1540 g/mol. The predicted octanol–water partition coefficient (Wildman–Crippen LogP) is 15.2. The van der Waals surface area contributed by atoms with Gasteiger partial charge in [0.05, 0.1) is 81.5 Å². The van der Waals surface area contributed by atoms with Crippen LogP contribution in [-0.2, 0) is 19.5 Å². The number of benzene rings is 12. The summed E-state index contributed by atoms with van der Waals surface area (Å²) in [6.07, 6.45) is 5.63. The molecule has 0 spiro atoms. The molecule has 0 radical (unpaired) electrons. The number of hydrogen-bond donors (Lipinski definition) is 8. The second-order valence-electron chi connectivity index (χ2n) is 25.7. The van der Waals surface area contributed by atoms with Gasteiger partial charge in [-0.05, 0) is 150 Å². The molecule has 2 aliphatic heterocycles. The van der Waals surface area contributed by atoms with Gasteiger partial charge in [0.25, 0.3) is 23.6 Å². The van der Waals surface area contributed by atoms with Crippen molar-refractivity contribution in [2.24, 2.45) is 20.4 Å². The zero-order valence-corrected chi connectivity index (χ0v) is 63.8. The summed E-state index contributed by atoms with van der Waals surface area (Å²) in [5.74, 6) is -0.809. The number of aromatic nitrogens is 8. The SMILES string of the molecule is O=C(N/N=C\c1ccccc1Oc1cccc2c1-c1nc-2nc2[n-]c(nc3nc(nc4[n-]c(n1)c1cc(Oc5ccccc5/C=N/NC(=O)c5ccccc5O)ccc41)-c1cccc(Oc4ccccc4/C=N/NC(=O)c4ccccc4O)c1-3)c1cccc(Oc3ccccc3/C=N/NC(=O)c3ccccc3O)c21)c1ccccc1O.[Zn+2]. The Labute approximate surface area is 674 Å². The van der Waals surface area contributed by atoms with Crippen molar-refractivity contribution in [2.45, 2.75) is 0 Å². The molecule has 0 atom stereocenters. The average Bonchev–Trinajstić information content (AvgIpc) is 1.59. The van der Waals surface area contributed by atoms with Crippen LogP contribution in [0.25, 0.3) is 89.7 Å². The second-order valence-corrected chi connectivity index (χ2v) is 25.7. The molecule has 3 aromatic heterocycles. The summed E-state index contributed by atoms with van der Waals surface area (Å²) in [7, 11) is 0. The third-order valence-corrected chi connectivity index (χ3v) is 18.3. The van der Waals surface area contributed by atoms with E-state index >= 15 is 0 Å². The normalized spacial score (nSPS) is 11.5. The smallest absolute Gasteiger partial charge is 0.507 e. The van der Waals surface area contributed by atoms with Crippen LogP contribution in [0.1, 0.15) is 63.7 Å². The topological polar surface area (TPSA) is 389 Å². The van der Waals surface area contributed by atoms with Gasteiger partial charge in [-0.3, -0.25) is 19.2 Å². The summed E-state index contributed by atoms with van der Waals surface area (Å²) in [6, 6.07) is 73.4. The Morgan fingerprint density at radius 2 is 0.615 bits per heavy atom. The first-order valence-corrected chi connectivity index (χ1v) is 35.6. The fraction of sp³-hybridized carbons (Fsp3) is 0. The maximum absolute atomic E-state index is 13.2. The van der Waals surface area contributed by atoms with Crippen LogP contribution < -0.4 is 50.6 Å².